The molecule has 1 aliphatic heterocycles. The monoisotopic (exact) mass is 296 g/mol. The normalized spacial score (nSPS) is 36.2. The maximum absolute atomic E-state index is 12.0. The molecule has 1 saturated heterocycles. The zero-order valence-electron chi connectivity index (χ0n) is 12.8. The maximum atomic E-state index is 12.0. The molecule has 0 spiro atoms. The first-order valence-electron chi connectivity index (χ1n) is 8.47. The van der Waals surface area contributed by atoms with E-state index in [1.54, 1.807) is 0 Å². The Morgan fingerprint density at radius 2 is 2.14 bits per heavy atom. The molecule has 5 heteroatoms. The fourth-order valence-electron chi connectivity index (χ4n) is 3.86. The second-order valence-corrected chi connectivity index (χ2v) is 6.84. The summed E-state index contributed by atoms with van der Waals surface area (Å²) >= 11 is 0. The van der Waals surface area contributed by atoms with E-state index in [0.29, 0.717) is 25.2 Å². The quantitative estimate of drug-likeness (QED) is 0.663. The molecule has 1 amide bonds. The topological polar surface area (TPSA) is 73.6 Å². The van der Waals surface area contributed by atoms with Crippen LogP contribution in [0.2, 0.25) is 0 Å². The summed E-state index contributed by atoms with van der Waals surface area (Å²) in [5.74, 6) is 0.149. The second-order valence-electron chi connectivity index (χ2n) is 6.84. The summed E-state index contributed by atoms with van der Waals surface area (Å²) in [7, 11) is 0. The van der Waals surface area contributed by atoms with Gasteiger partial charge in [0.25, 0.3) is 0 Å². The zero-order valence-corrected chi connectivity index (χ0v) is 12.8. The van der Waals surface area contributed by atoms with Crippen LogP contribution in [0.25, 0.3) is 0 Å². The van der Waals surface area contributed by atoms with E-state index in [-0.39, 0.29) is 12.0 Å². The molecule has 1 heterocycles. The van der Waals surface area contributed by atoms with Gasteiger partial charge in [0.1, 0.15) is 5.54 Å². The number of ether oxygens (including phenoxy) is 2. The minimum absolute atomic E-state index is 0.170. The van der Waals surface area contributed by atoms with Gasteiger partial charge in [0.05, 0.1) is 12.7 Å². The Hall–Kier alpha value is -0.650. The van der Waals surface area contributed by atoms with Gasteiger partial charge in [0.15, 0.2) is 0 Å². The first kappa shape index (κ1) is 15.3. The van der Waals surface area contributed by atoms with Gasteiger partial charge in [-0.05, 0) is 50.9 Å². The molecule has 0 aromatic rings. The van der Waals surface area contributed by atoms with Gasteiger partial charge in [0.2, 0.25) is 5.91 Å². The number of hydrogen-bond donors (Lipinski definition) is 2. The van der Waals surface area contributed by atoms with Crippen molar-refractivity contribution in [1.29, 1.82) is 0 Å². The highest BCUT2D eigenvalue weighted by atomic mass is 16.5. The van der Waals surface area contributed by atoms with Crippen LogP contribution in [-0.2, 0) is 14.3 Å². The third-order valence-corrected chi connectivity index (χ3v) is 5.24. The lowest BCUT2D eigenvalue weighted by Gasteiger charge is -2.34. The molecule has 3 fully saturated rings. The molecule has 3 N–H and O–H groups in total. The molecule has 0 radical (unpaired) electrons. The highest BCUT2D eigenvalue weighted by Crippen LogP contribution is 2.40. The maximum Gasteiger partial charge on any atom is 0.238 e. The van der Waals surface area contributed by atoms with Crippen molar-refractivity contribution >= 4 is 5.91 Å². The Kier molecular flexibility index (Phi) is 4.82. The Labute approximate surface area is 126 Å². The van der Waals surface area contributed by atoms with E-state index in [0.717, 1.165) is 45.1 Å². The van der Waals surface area contributed by atoms with Crippen LogP contribution in [0.3, 0.4) is 0 Å². The van der Waals surface area contributed by atoms with Crippen LogP contribution in [0.4, 0.5) is 0 Å². The highest BCUT2D eigenvalue weighted by molar-refractivity contribution is 5.85. The molecule has 3 atom stereocenters. The van der Waals surface area contributed by atoms with Crippen LogP contribution >= 0.6 is 0 Å². The molecule has 120 valence electrons. The van der Waals surface area contributed by atoms with Gasteiger partial charge >= 0.3 is 0 Å². The van der Waals surface area contributed by atoms with Crippen LogP contribution in [-0.4, -0.2) is 43.4 Å². The third kappa shape index (κ3) is 3.58. The van der Waals surface area contributed by atoms with E-state index in [4.69, 9.17) is 15.2 Å². The number of amides is 1. The van der Waals surface area contributed by atoms with Crippen LogP contribution in [0.15, 0.2) is 0 Å². The Bertz CT molecular complexity index is 367. The molecule has 3 aliphatic rings. The number of nitrogens with two attached hydrogens (primary N) is 1. The average molecular weight is 296 g/mol. The number of carbonyl (C=O) groups is 1. The van der Waals surface area contributed by atoms with Crippen molar-refractivity contribution in [3.05, 3.63) is 0 Å². The van der Waals surface area contributed by atoms with Gasteiger partial charge in [0, 0.05) is 19.3 Å². The molecule has 0 aromatic heterocycles. The fourth-order valence-corrected chi connectivity index (χ4v) is 3.86. The summed E-state index contributed by atoms with van der Waals surface area (Å²) in [6.45, 7) is 2.25. The second kappa shape index (κ2) is 6.63. The first-order valence-corrected chi connectivity index (χ1v) is 8.47. The first-order chi connectivity index (χ1) is 10.2. The van der Waals surface area contributed by atoms with Gasteiger partial charge in [-0.2, -0.15) is 0 Å². The van der Waals surface area contributed by atoms with Gasteiger partial charge < -0.3 is 20.5 Å². The van der Waals surface area contributed by atoms with Crippen LogP contribution in [0, 0.1) is 5.92 Å². The lowest BCUT2D eigenvalue weighted by atomic mass is 9.84. The number of carbonyl (C=O) groups excluding carboxylic acids is 1. The lowest BCUT2D eigenvalue weighted by molar-refractivity contribution is -0.126. The Balaban J connectivity index is 1.46. The van der Waals surface area contributed by atoms with E-state index >= 15 is 0 Å². The molecule has 2 aliphatic carbocycles. The van der Waals surface area contributed by atoms with E-state index in [2.05, 4.69) is 5.32 Å². The Morgan fingerprint density at radius 3 is 2.81 bits per heavy atom. The summed E-state index contributed by atoms with van der Waals surface area (Å²) in [5, 5.41) is 3.54. The standard InChI is InChI=1S/C16H28N2O3/c17-15(19)16(18-13-5-6-13)8-1-3-12(16)7-10-20-11-14-4-2-9-21-14/h12-14,18H,1-11H2,(H2,17,19). The summed E-state index contributed by atoms with van der Waals surface area (Å²) in [5.41, 5.74) is 5.26. The van der Waals surface area contributed by atoms with Crippen molar-refractivity contribution in [3.63, 3.8) is 0 Å². The average Bonchev–Trinajstić information content (AvgIpc) is 2.97. The minimum Gasteiger partial charge on any atom is -0.379 e. The number of hydrogen-bond acceptors (Lipinski definition) is 4. The Morgan fingerprint density at radius 1 is 1.29 bits per heavy atom. The summed E-state index contributed by atoms with van der Waals surface area (Å²) in [6.07, 6.45) is 8.84. The van der Waals surface area contributed by atoms with Crippen LogP contribution in [0.5, 0.6) is 0 Å². The van der Waals surface area contributed by atoms with E-state index in [1.807, 2.05) is 0 Å². The molecule has 0 bridgehead atoms. The minimum atomic E-state index is -0.478. The lowest BCUT2D eigenvalue weighted by Crippen LogP contribution is -2.58. The number of primary amides is 1. The van der Waals surface area contributed by atoms with Crippen molar-refractivity contribution in [1.82, 2.24) is 5.32 Å². The number of rotatable bonds is 8. The smallest absolute Gasteiger partial charge is 0.238 e. The molecule has 0 aromatic carbocycles. The van der Waals surface area contributed by atoms with Gasteiger partial charge in [-0.1, -0.05) is 6.42 Å². The molecule has 21 heavy (non-hydrogen) atoms. The molecule has 3 unspecified atom stereocenters. The predicted molar refractivity (Wildman–Crippen MR) is 79.8 cm³/mol. The van der Waals surface area contributed by atoms with E-state index in [9.17, 15) is 4.79 Å². The summed E-state index contributed by atoms with van der Waals surface area (Å²) in [6, 6.07) is 0.505. The molecular formula is C16H28N2O3. The van der Waals surface area contributed by atoms with Crippen molar-refractivity contribution in [2.24, 2.45) is 11.7 Å². The number of nitrogens with one attached hydrogen (secondary N) is 1. The van der Waals surface area contributed by atoms with Crippen molar-refractivity contribution in [3.8, 4) is 0 Å². The van der Waals surface area contributed by atoms with Crippen molar-refractivity contribution in [2.75, 3.05) is 19.8 Å². The fraction of sp³-hybridized carbons (Fsp3) is 0.938. The summed E-state index contributed by atoms with van der Waals surface area (Å²) < 4.78 is 11.3. The third-order valence-electron chi connectivity index (χ3n) is 5.24. The van der Waals surface area contributed by atoms with Crippen molar-refractivity contribution < 1.29 is 14.3 Å². The van der Waals surface area contributed by atoms with Gasteiger partial charge in [-0.15, -0.1) is 0 Å². The predicted octanol–water partition coefficient (Wildman–Crippen LogP) is 1.35. The largest absolute Gasteiger partial charge is 0.379 e. The van der Waals surface area contributed by atoms with Crippen LogP contribution < -0.4 is 11.1 Å². The van der Waals surface area contributed by atoms with Gasteiger partial charge in [-0.3, -0.25) is 4.79 Å². The molecule has 3 rings (SSSR count). The van der Waals surface area contributed by atoms with Crippen molar-refractivity contribution in [2.45, 2.75) is 69.1 Å². The highest BCUT2D eigenvalue weighted by Gasteiger charge is 2.49. The molecule has 5 nitrogen and oxygen atoms in total. The molecule has 2 saturated carbocycles. The van der Waals surface area contributed by atoms with Gasteiger partial charge in [-0.25, -0.2) is 0 Å². The summed E-state index contributed by atoms with van der Waals surface area (Å²) in [4.78, 5) is 12.0. The van der Waals surface area contributed by atoms with E-state index < -0.39 is 5.54 Å². The van der Waals surface area contributed by atoms with Crippen LogP contribution in [0.1, 0.15) is 51.4 Å². The SMILES string of the molecule is NC(=O)C1(NC2CC2)CCCC1CCOCC1CCCO1. The van der Waals surface area contributed by atoms with E-state index in [1.165, 1.54) is 12.8 Å². The zero-order chi connectivity index (χ0) is 14.7. The molecular weight excluding hydrogens is 268 g/mol.